The highest BCUT2D eigenvalue weighted by Gasteiger charge is 2.05. The van der Waals surface area contributed by atoms with Crippen LogP contribution in [0.2, 0.25) is 0 Å². The lowest BCUT2D eigenvalue weighted by Gasteiger charge is -2.10. The van der Waals surface area contributed by atoms with Crippen LogP contribution in [0.3, 0.4) is 0 Å². The van der Waals surface area contributed by atoms with E-state index in [4.69, 9.17) is 14.8 Å². The Labute approximate surface area is 96.5 Å². The topological polar surface area (TPSA) is 93.5 Å². The Morgan fingerprint density at radius 2 is 1.88 bits per heavy atom. The van der Waals surface area contributed by atoms with Crippen molar-refractivity contribution in [2.75, 3.05) is 0 Å². The minimum atomic E-state index is -0.968. The third-order valence-corrected chi connectivity index (χ3v) is 2.23. The Hall–Kier alpha value is -2.15. The minimum absolute atomic E-state index is 0.220. The van der Waals surface area contributed by atoms with Crippen LogP contribution in [0.1, 0.15) is 5.76 Å². The molecule has 0 spiro atoms. The zero-order valence-corrected chi connectivity index (χ0v) is 8.70. The highest BCUT2D eigenvalue weighted by atomic mass is 16.8. The molecule has 1 aromatic carbocycles. The summed E-state index contributed by atoms with van der Waals surface area (Å²) < 4.78 is 5.35. The summed E-state index contributed by atoms with van der Waals surface area (Å²) in [5.41, 5.74) is 0.977. The summed E-state index contributed by atoms with van der Waals surface area (Å²) in [5, 5.41) is 29.6. The van der Waals surface area contributed by atoms with Crippen molar-refractivity contribution in [3.63, 3.8) is 0 Å². The van der Waals surface area contributed by atoms with Crippen LogP contribution >= 0.6 is 0 Å². The highest BCUT2D eigenvalue weighted by Crippen LogP contribution is 2.22. The number of nitrogens with one attached hydrogen (secondary N) is 1. The first-order valence-corrected chi connectivity index (χ1v) is 4.81. The Morgan fingerprint density at radius 3 is 2.47 bits per heavy atom. The molecule has 88 valence electrons. The van der Waals surface area contributed by atoms with E-state index in [-0.39, 0.29) is 5.69 Å². The molecule has 2 aromatic rings. The first-order valence-electron chi connectivity index (χ1n) is 4.81. The Morgan fingerprint density at radius 1 is 1.18 bits per heavy atom. The van der Waals surface area contributed by atoms with Gasteiger partial charge < -0.3 is 14.8 Å². The normalized spacial score (nSPS) is 13.1. The molecule has 0 radical (unpaired) electrons. The number of hydrogen-bond donors (Lipinski definition) is 3. The van der Waals surface area contributed by atoms with E-state index in [2.05, 4.69) is 5.16 Å². The number of quaternary nitrogens is 1. The second-order valence-electron chi connectivity index (χ2n) is 3.33. The summed E-state index contributed by atoms with van der Waals surface area (Å²) in [6.07, 6.45) is 1.18. The molecule has 1 heterocycles. The average Bonchev–Trinajstić information content (AvgIpc) is 2.78. The van der Waals surface area contributed by atoms with E-state index in [1.54, 1.807) is 24.3 Å². The molecule has 0 saturated heterocycles. The van der Waals surface area contributed by atoms with Gasteiger partial charge in [-0.15, -0.1) is 0 Å². The predicted octanol–water partition coefficient (Wildman–Crippen LogP) is 1.16. The SMILES string of the molecule is [O-][NH+](O)c1ccc(-c2ccc(C=NO)o2)cc1. The third kappa shape index (κ3) is 2.51. The van der Waals surface area contributed by atoms with E-state index >= 15 is 0 Å². The van der Waals surface area contributed by atoms with Crippen molar-refractivity contribution in [1.29, 1.82) is 0 Å². The Kier molecular flexibility index (Phi) is 3.20. The van der Waals surface area contributed by atoms with E-state index in [0.717, 1.165) is 5.56 Å². The van der Waals surface area contributed by atoms with E-state index in [9.17, 15) is 5.21 Å². The largest absolute Gasteiger partial charge is 0.595 e. The quantitative estimate of drug-likeness (QED) is 0.422. The van der Waals surface area contributed by atoms with Gasteiger partial charge >= 0.3 is 0 Å². The molecule has 0 saturated carbocycles. The van der Waals surface area contributed by atoms with Crippen LogP contribution in [-0.4, -0.2) is 16.6 Å². The maximum absolute atomic E-state index is 10.7. The zero-order valence-electron chi connectivity index (χ0n) is 8.70. The fraction of sp³-hybridized carbons (Fsp3) is 0. The molecular formula is C11H10N2O4. The molecule has 0 aliphatic rings. The molecule has 0 aliphatic heterocycles. The van der Waals surface area contributed by atoms with Gasteiger partial charge in [0.1, 0.15) is 17.7 Å². The molecule has 0 fully saturated rings. The molecule has 0 aliphatic carbocycles. The number of benzene rings is 1. The van der Waals surface area contributed by atoms with E-state index in [0.29, 0.717) is 11.5 Å². The van der Waals surface area contributed by atoms with Crippen molar-refractivity contribution in [2.24, 2.45) is 5.16 Å². The molecule has 1 atom stereocenters. The number of hydrogen-bond acceptors (Lipinski definition) is 5. The summed E-state index contributed by atoms with van der Waals surface area (Å²) in [6.45, 7) is 0. The fourth-order valence-electron chi connectivity index (χ4n) is 1.41. The van der Waals surface area contributed by atoms with Crippen molar-refractivity contribution in [3.8, 4) is 11.3 Å². The van der Waals surface area contributed by atoms with E-state index < -0.39 is 5.23 Å². The van der Waals surface area contributed by atoms with Gasteiger partial charge in [0.25, 0.3) is 0 Å². The van der Waals surface area contributed by atoms with Gasteiger partial charge in [-0.2, -0.15) is 5.23 Å². The van der Waals surface area contributed by atoms with Crippen molar-refractivity contribution >= 4 is 11.9 Å². The molecule has 0 amide bonds. The first kappa shape index (κ1) is 11.3. The number of nitrogens with zero attached hydrogens (tertiary/aromatic N) is 1. The second kappa shape index (κ2) is 4.79. The van der Waals surface area contributed by atoms with Gasteiger partial charge in [-0.1, -0.05) is 5.16 Å². The van der Waals surface area contributed by atoms with Crippen LogP contribution in [0, 0.1) is 5.21 Å². The standard InChI is InChI=1S/C11H10N2O4/c14-12-7-10-5-6-11(17-10)8-1-3-9(4-2-8)13(15)16/h1-7,13-15H. The Bertz CT molecular complexity index is 517. The lowest BCUT2D eigenvalue weighted by molar-refractivity contribution is -0.991. The number of rotatable bonds is 3. The summed E-state index contributed by atoms with van der Waals surface area (Å²) in [6, 6.07) is 9.68. The lowest BCUT2D eigenvalue weighted by Crippen LogP contribution is -2.99. The summed E-state index contributed by atoms with van der Waals surface area (Å²) in [7, 11) is 0. The third-order valence-electron chi connectivity index (χ3n) is 2.23. The highest BCUT2D eigenvalue weighted by molar-refractivity contribution is 5.76. The monoisotopic (exact) mass is 234 g/mol. The molecule has 1 aromatic heterocycles. The van der Waals surface area contributed by atoms with E-state index in [1.807, 2.05) is 0 Å². The molecular weight excluding hydrogens is 224 g/mol. The molecule has 2 rings (SSSR count). The van der Waals surface area contributed by atoms with Crippen molar-refractivity contribution < 1.29 is 20.1 Å². The van der Waals surface area contributed by atoms with Gasteiger partial charge in [0.2, 0.25) is 0 Å². The van der Waals surface area contributed by atoms with Crippen molar-refractivity contribution in [2.45, 2.75) is 0 Å². The first-order chi connectivity index (χ1) is 8.20. The minimum Gasteiger partial charge on any atom is -0.595 e. The molecule has 3 N–H and O–H groups in total. The van der Waals surface area contributed by atoms with Crippen LogP contribution < -0.4 is 5.23 Å². The maximum Gasteiger partial charge on any atom is 0.163 e. The fourth-order valence-corrected chi connectivity index (χ4v) is 1.41. The van der Waals surface area contributed by atoms with Crippen LogP contribution in [0.5, 0.6) is 0 Å². The van der Waals surface area contributed by atoms with Gasteiger partial charge in [-0.3, -0.25) is 0 Å². The van der Waals surface area contributed by atoms with E-state index in [1.165, 1.54) is 18.3 Å². The van der Waals surface area contributed by atoms with Crippen LogP contribution in [0.25, 0.3) is 11.3 Å². The van der Waals surface area contributed by atoms with Gasteiger partial charge in [-0.25, -0.2) is 5.21 Å². The maximum atomic E-state index is 10.7. The Balaban J connectivity index is 2.26. The summed E-state index contributed by atoms with van der Waals surface area (Å²) in [4.78, 5) is 0. The van der Waals surface area contributed by atoms with Crippen molar-refractivity contribution in [1.82, 2.24) is 0 Å². The molecule has 6 nitrogen and oxygen atoms in total. The molecule has 0 bridgehead atoms. The van der Waals surface area contributed by atoms with Crippen LogP contribution in [-0.2, 0) is 0 Å². The molecule has 17 heavy (non-hydrogen) atoms. The van der Waals surface area contributed by atoms with Crippen LogP contribution in [0.15, 0.2) is 46.0 Å². The average molecular weight is 234 g/mol. The lowest BCUT2D eigenvalue weighted by atomic mass is 10.1. The van der Waals surface area contributed by atoms with Crippen LogP contribution in [0.4, 0.5) is 5.69 Å². The van der Waals surface area contributed by atoms with Gasteiger partial charge in [0, 0.05) is 17.7 Å². The summed E-state index contributed by atoms with van der Waals surface area (Å²) in [5.74, 6) is 1.00. The van der Waals surface area contributed by atoms with Gasteiger partial charge in [0.05, 0.1) is 0 Å². The summed E-state index contributed by atoms with van der Waals surface area (Å²) >= 11 is 0. The second-order valence-corrected chi connectivity index (χ2v) is 3.33. The smallest absolute Gasteiger partial charge is 0.163 e. The molecule has 1 unspecified atom stereocenters. The van der Waals surface area contributed by atoms with Gasteiger partial charge in [-0.05, 0) is 24.3 Å². The molecule has 6 heteroatoms. The number of furan rings is 1. The number of oxime groups is 1. The van der Waals surface area contributed by atoms with Gasteiger partial charge in [0.15, 0.2) is 5.69 Å². The van der Waals surface area contributed by atoms with Crippen molar-refractivity contribution in [3.05, 3.63) is 47.4 Å². The predicted molar refractivity (Wildman–Crippen MR) is 59.3 cm³/mol. The zero-order chi connectivity index (χ0) is 12.3.